The lowest BCUT2D eigenvalue weighted by Crippen LogP contribution is -2.68. The molecule has 2 amide bonds. The van der Waals surface area contributed by atoms with E-state index in [-0.39, 0.29) is 24.5 Å². The number of likely N-dealkylation sites (tertiary alicyclic amines) is 1. The molecule has 2 atom stereocenters. The minimum atomic E-state index is -0.551. The van der Waals surface area contributed by atoms with E-state index in [0.717, 1.165) is 12.1 Å². The fourth-order valence-corrected chi connectivity index (χ4v) is 4.34. The van der Waals surface area contributed by atoms with Crippen molar-refractivity contribution in [3.05, 3.63) is 66.2 Å². The summed E-state index contributed by atoms with van der Waals surface area (Å²) < 4.78 is 5.99. The number of amides is 2. The number of fused-ring (bicyclic) bond motifs is 1. The number of morpholine rings is 1. The molecule has 0 unspecified atom stereocenters. The third-order valence-corrected chi connectivity index (χ3v) is 5.85. The van der Waals surface area contributed by atoms with Crippen LogP contribution in [0.25, 0.3) is 0 Å². The molecule has 0 bridgehead atoms. The predicted octanol–water partition coefficient (Wildman–Crippen LogP) is 3.04. The van der Waals surface area contributed by atoms with Crippen molar-refractivity contribution in [1.29, 1.82) is 0 Å². The Kier molecular flexibility index (Phi) is 5.18. The largest absolute Gasteiger partial charge is 0.361 e. The van der Waals surface area contributed by atoms with Crippen LogP contribution >= 0.6 is 0 Å². The van der Waals surface area contributed by atoms with E-state index in [1.165, 1.54) is 5.56 Å². The highest BCUT2D eigenvalue weighted by Crippen LogP contribution is 2.36. The first-order valence-corrected chi connectivity index (χ1v) is 9.90. The predicted molar refractivity (Wildman–Crippen MR) is 108 cm³/mol. The number of piperidine rings is 1. The van der Waals surface area contributed by atoms with Crippen molar-refractivity contribution in [3.63, 3.8) is 0 Å². The highest BCUT2D eigenvalue weighted by Gasteiger charge is 2.50. The summed E-state index contributed by atoms with van der Waals surface area (Å²) in [6.07, 6.45) is 1.95. The fraction of sp³-hybridized carbons (Fsp3) is 0.391. The lowest BCUT2D eigenvalue weighted by molar-refractivity contribution is -0.158. The van der Waals surface area contributed by atoms with Crippen LogP contribution in [0.4, 0.5) is 5.69 Å². The molecule has 0 aliphatic carbocycles. The van der Waals surface area contributed by atoms with E-state index in [0.29, 0.717) is 25.9 Å². The van der Waals surface area contributed by atoms with E-state index in [1.54, 1.807) is 0 Å². The van der Waals surface area contributed by atoms with Crippen molar-refractivity contribution in [2.75, 3.05) is 24.6 Å². The van der Waals surface area contributed by atoms with Gasteiger partial charge >= 0.3 is 0 Å². The van der Waals surface area contributed by atoms with Gasteiger partial charge in [-0.3, -0.25) is 9.59 Å². The lowest BCUT2D eigenvalue weighted by atomic mass is 9.85. The third-order valence-electron chi connectivity index (χ3n) is 5.85. The van der Waals surface area contributed by atoms with Crippen LogP contribution in [0.1, 0.15) is 25.3 Å². The zero-order chi connectivity index (χ0) is 19.6. The molecule has 2 fully saturated rings. The topological polar surface area (TPSA) is 49.9 Å². The van der Waals surface area contributed by atoms with Crippen molar-refractivity contribution < 1.29 is 14.3 Å². The molecule has 146 valence electrons. The standard InChI is InChI=1S/C23H26N2O3/c1-23-17-24(21(26)13-12-18-8-4-2-5-9-18)15-14-20(23)25(22(27)16-28-23)19-10-6-3-7-11-19/h2-11,20H,12-17H2,1H3/t20-,23-/m1/s1. The Hall–Kier alpha value is -2.66. The molecule has 28 heavy (non-hydrogen) atoms. The molecule has 0 spiro atoms. The lowest BCUT2D eigenvalue weighted by Gasteiger charge is -2.52. The minimum absolute atomic E-state index is 0.0162. The van der Waals surface area contributed by atoms with Crippen LogP contribution in [-0.2, 0) is 20.7 Å². The monoisotopic (exact) mass is 378 g/mol. The number of anilines is 1. The smallest absolute Gasteiger partial charge is 0.253 e. The Morgan fingerprint density at radius 2 is 1.79 bits per heavy atom. The van der Waals surface area contributed by atoms with Crippen molar-refractivity contribution in [2.24, 2.45) is 0 Å². The Morgan fingerprint density at radius 3 is 2.50 bits per heavy atom. The number of nitrogens with zero attached hydrogens (tertiary/aromatic N) is 2. The van der Waals surface area contributed by atoms with Gasteiger partial charge < -0.3 is 14.5 Å². The first-order chi connectivity index (χ1) is 13.6. The van der Waals surface area contributed by atoms with Gasteiger partial charge in [0.05, 0.1) is 12.6 Å². The number of carbonyl (C=O) groups is 2. The van der Waals surface area contributed by atoms with E-state index in [1.807, 2.05) is 65.3 Å². The van der Waals surface area contributed by atoms with Crippen LogP contribution in [0.5, 0.6) is 0 Å². The molecule has 0 aromatic heterocycles. The summed E-state index contributed by atoms with van der Waals surface area (Å²) >= 11 is 0. The molecule has 2 aliphatic heterocycles. The average molecular weight is 378 g/mol. The summed E-state index contributed by atoms with van der Waals surface area (Å²) in [5.41, 5.74) is 1.52. The van der Waals surface area contributed by atoms with Crippen molar-refractivity contribution >= 4 is 17.5 Å². The Labute approximate surface area is 165 Å². The van der Waals surface area contributed by atoms with Crippen LogP contribution < -0.4 is 4.90 Å². The van der Waals surface area contributed by atoms with Gasteiger partial charge in [-0.15, -0.1) is 0 Å². The summed E-state index contributed by atoms with van der Waals surface area (Å²) in [4.78, 5) is 29.2. The average Bonchev–Trinajstić information content (AvgIpc) is 2.73. The maximum atomic E-state index is 12.8. The Balaban J connectivity index is 1.45. The highest BCUT2D eigenvalue weighted by molar-refractivity contribution is 5.96. The summed E-state index contributed by atoms with van der Waals surface area (Å²) in [7, 11) is 0. The van der Waals surface area contributed by atoms with Gasteiger partial charge in [0.25, 0.3) is 5.91 Å². The number of ether oxygens (including phenoxy) is 1. The van der Waals surface area contributed by atoms with E-state index < -0.39 is 5.60 Å². The number of hydrogen-bond donors (Lipinski definition) is 0. The van der Waals surface area contributed by atoms with Crippen LogP contribution in [0.2, 0.25) is 0 Å². The first kappa shape index (κ1) is 18.7. The second-order valence-electron chi connectivity index (χ2n) is 7.81. The van der Waals surface area contributed by atoms with Gasteiger partial charge in [-0.05, 0) is 37.5 Å². The Morgan fingerprint density at radius 1 is 1.11 bits per heavy atom. The molecule has 4 rings (SSSR count). The van der Waals surface area contributed by atoms with Gasteiger partial charge in [-0.2, -0.15) is 0 Å². The molecular weight excluding hydrogens is 352 g/mol. The molecule has 2 aromatic rings. The van der Waals surface area contributed by atoms with Gasteiger partial charge in [-0.25, -0.2) is 0 Å². The maximum Gasteiger partial charge on any atom is 0.253 e. The summed E-state index contributed by atoms with van der Waals surface area (Å²) in [5.74, 6) is 0.132. The SMILES string of the molecule is C[C@@]12CN(C(=O)CCc3ccccc3)CC[C@H]1N(c1ccccc1)C(=O)CO2. The van der Waals surface area contributed by atoms with Crippen molar-refractivity contribution in [3.8, 4) is 0 Å². The molecular formula is C23H26N2O3. The van der Waals surface area contributed by atoms with E-state index in [2.05, 4.69) is 12.1 Å². The van der Waals surface area contributed by atoms with Gasteiger partial charge in [0.2, 0.25) is 5.91 Å². The number of hydrogen-bond acceptors (Lipinski definition) is 3. The van der Waals surface area contributed by atoms with Crippen LogP contribution in [-0.4, -0.2) is 48.1 Å². The highest BCUT2D eigenvalue weighted by atomic mass is 16.5. The van der Waals surface area contributed by atoms with Crippen LogP contribution in [0.3, 0.4) is 0 Å². The van der Waals surface area contributed by atoms with Crippen LogP contribution in [0.15, 0.2) is 60.7 Å². The first-order valence-electron chi connectivity index (χ1n) is 9.90. The molecule has 5 nitrogen and oxygen atoms in total. The zero-order valence-electron chi connectivity index (χ0n) is 16.2. The quantitative estimate of drug-likeness (QED) is 0.822. The minimum Gasteiger partial charge on any atom is -0.361 e. The zero-order valence-corrected chi connectivity index (χ0v) is 16.2. The second-order valence-corrected chi connectivity index (χ2v) is 7.81. The van der Waals surface area contributed by atoms with Gasteiger partial charge in [0.15, 0.2) is 0 Å². The molecule has 2 aromatic carbocycles. The number of benzene rings is 2. The Bertz CT molecular complexity index is 839. The van der Waals surface area contributed by atoms with E-state index in [4.69, 9.17) is 4.74 Å². The number of para-hydroxylation sites is 1. The fourth-order valence-electron chi connectivity index (χ4n) is 4.34. The van der Waals surface area contributed by atoms with Crippen LogP contribution in [0, 0.1) is 0 Å². The van der Waals surface area contributed by atoms with Gasteiger partial charge in [-0.1, -0.05) is 48.5 Å². The summed E-state index contributed by atoms with van der Waals surface area (Å²) in [6.45, 7) is 3.24. The number of rotatable bonds is 4. The second kappa shape index (κ2) is 7.76. The maximum absolute atomic E-state index is 12.8. The molecule has 0 radical (unpaired) electrons. The molecule has 0 N–H and O–H groups in total. The summed E-state index contributed by atoms with van der Waals surface area (Å²) in [6, 6.07) is 19.8. The molecule has 0 saturated carbocycles. The molecule has 5 heteroatoms. The number of aryl methyl sites for hydroxylation is 1. The van der Waals surface area contributed by atoms with Crippen molar-refractivity contribution in [2.45, 2.75) is 37.8 Å². The molecule has 2 aliphatic rings. The molecule has 2 saturated heterocycles. The third kappa shape index (κ3) is 3.67. The summed E-state index contributed by atoms with van der Waals surface area (Å²) in [5, 5.41) is 0. The molecule has 2 heterocycles. The van der Waals surface area contributed by atoms with Crippen molar-refractivity contribution in [1.82, 2.24) is 4.90 Å². The van der Waals surface area contributed by atoms with Gasteiger partial charge in [0, 0.05) is 18.7 Å². The van der Waals surface area contributed by atoms with E-state index in [9.17, 15) is 9.59 Å². The van der Waals surface area contributed by atoms with E-state index >= 15 is 0 Å². The van der Waals surface area contributed by atoms with Gasteiger partial charge in [0.1, 0.15) is 12.2 Å². The normalized spacial score (nSPS) is 24.8. The number of carbonyl (C=O) groups excluding carboxylic acids is 2.